The maximum Gasteiger partial charge on any atom is 0.300 e. The highest BCUT2D eigenvalue weighted by Gasteiger charge is 2.20. The van der Waals surface area contributed by atoms with Gasteiger partial charge in [0.25, 0.3) is 6.01 Å². The molecule has 0 aliphatic carbocycles. The maximum atomic E-state index is 15.6. The molecule has 0 spiro atoms. The maximum absolute atomic E-state index is 15.6. The lowest BCUT2D eigenvalue weighted by Gasteiger charge is -2.08. The number of H-pyrrole nitrogens is 1. The van der Waals surface area contributed by atoms with Crippen molar-refractivity contribution in [3.63, 3.8) is 0 Å². The highest BCUT2D eigenvalue weighted by atomic mass is 19.1. The lowest BCUT2D eigenvalue weighted by atomic mass is 9.98. The number of benzene rings is 4. The van der Waals surface area contributed by atoms with Crippen LogP contribution < -0.4 is 10.5 Å². The standard InChI is InChI=1S/C33H29F2N5O4/c1-20-2-11-26(16-25(20)18-42)44-33-39-28-17-27(34)29(30(35)31(28)40-33)23-7-3-21(4-8-23)22-5-9-24(10-6-22)32(36)38-19-37-12-14-43-15-13-41/h2-11,16-19,41H,12-15H2,1H3,(H,39,40)(H2,36,37,38). The number of aromatic amines is 1. The Morgan fingerprint density at radius 2 is 1.70 bits per heavy atom. The fourth-order valence-electron chi connectivity index (χ4n) is 4.47. The molecule has 0 aliphatic heterocycles. The predicted octanol–water partition coefficient (Wildman–Crippen LogP) is 5.83. The van der Waals surface area contributed by atoms with E-state index in [1.807, 2.05) is 24.3 Å². The van der Waals surface area contributed by atoms with Gasteiger partial charge >= 0.3 is 0 Å². The number of fused-ring (bicyclic) bond motifs is 1. The van der Waals surface area contributed by atoms with Crippen molar-refractivity contribution in [1.29, 1.82) is 0 Å². The van der Waals surface area contributed by atoms with Gasteiger partial charge in [-0.3, -0.25) is 9.79 Å². The highest BCUT2D eigenvalue weighted by molar-refractivity contribution is 6.01. The van der Waals surface area contributed by atoms with Gasteiger partial charge in [0.2, 0.25) is 0 Å². The molecule has 0 atom stereocenters. The summed E-state index contributed by atoms with van der Waals surface area (Å²) in [6.07, 6.45) is 2.08. The van der Waals surface area contributed by atoms with Crippen LogP contribution in [0.5, 0.6) is 11.8 Å². The molecule has 44 heavy (non-hydrogen) atoms. The smallest absolute Gasteiger partial charge is 0.300 e. The summed E-state index contributed by atoms with van der Waals surface area (Å²) < 4.78 is 41.6. The number of hydrogen-bond donors (Lipinski definition) is 3. The minimum atomic E-state index is -0.823. The Bertz CT molecular complexity index is 1830. The number of aryl methyl sites for hydroxylation is 1. The van der Waals surface area contributed by atoms with Crippen molar-refractivity contribution in [2.75, 3.05) is 26.4 Å². The van der Waals surface area contributed by atoms with Crippen LogP contribution in [0.4, 0.5) is 8.78 Å². The van der Waals surface area contributed by atoms with Crippen LogP contribution in [0.3, 0.4) is 0 Å². The first-order valence-electron chi connectivity index (χ1n) is 13.7. The third-order valence-corrected chi connectivity index (χ3v) is 6.81. The number of aromatic nitrogens is 2. The largest absolute Gasteiger partial charge is 0.426 e. The zero-order valence-electron chi connectivity index (χ0n) is 23.8. The van der Waals surface area contributed by atoms with E-state index in [-0.39, 0.29) is 35.8 Å². The summed E-state index contributed by atoms with van der Waals surface area (Å²) in [6.45, 7) is 2.81. The van der Waals surface area contributed by atoms with Crippen LogP contribution in [-0.2, 0) is 4.74 Å². The molecule has 1 heterocycles. The van der Waals surface area contributed by atoms with E-state index in [2.05, 4.69) is 20.0 Å². The van der Waals surface area contributed by atoms with Crippen LogP contribution in [-0.4, -0.2) is 59.9 Å². The number of ether oxygens (including phenoxy) is 2. The van der Waals surface area contributed by atoms with Gasteiger partial charge in [-0.05, 0) is 41.3 Å². The predicted molar refractivity (Wildman–Crippen MR) is 166 cm³/mol. The van der Waals surface area contributed by atoms with Gasteiger partial charge in [-0.25, -0.2) is 13.8 Å². The molecule has 4 N–H and O–H groups in total. The molecule has 0 unspecified atom stereocenters. The number of rotatable bonds is 12. The summed E-state index contributed by atoms with van der Waals surface area (Å²) in [5, 5.41) is 8.68. The van der Waals surface area contributed by atoms with Crippen molar-refractivity contribution in [3.05, 3.63) is 101 Å². The van der Waals surface area contributed by atoms with Gasteiger partial charge in [0.15, 0.2) is 5.82 Å². The minimum absolute atomic E-state index is 0.0308. The third-order valence-electron chi connectivity index (χ3n) is 6.81. The number of amidine groups is 1. The quantitative estimate of drug-likeness (QED) is 0.0717. The summed E-state index contributed by atoms with van der Waals surface area (Å²) in [4.78, 5) is 26.4. The average Bonchev–Trinajstić information content (AvgIpc) is 3.44. The van der Waals surface area contributed by atoms with Crippen LogP contribution in [0.25, 0.3) is 33.3 Å². The fraction of sp³-hybridized carbons (Fsp3) is 0.152. The van der Waals surface area contributed by atoms with E-state index >= 15 is 8.78 Å². The molecule has 0 bridgehead atoms. The number of aldehydes is 1. The Morgan fingerprint density at radius 3 is 2.41 bits per heavy atom. The fourth-order valence-corrected chi connectivity index (χ4v) is 4.47. The number of carbonyl (C=O) groups is 1. The zero-order valence-corrected chi connectivity index (χ0v) is 23.8. The molecule has 224 valence electrons. The first kappa shape index (κ1) is 30.2. The number of nitrogens with zero attached hydrogens (tertiary/aromatic N) is 3. The molecule has 11 heteroatoms. The molecule has 0 saturated carbocycles. The highest BCUT2D eigenvalue weighted by Crippen LogP contribution is 2.34. The number of aliphatic hydroxyl groups excluding tert-OH is 1. The van der Waals surface area contributed by atoms with E-state index in [1.165, 1.54) is 12.4 Å². The van der Waals surface area contributed by atoms with Gasteiger partial charge in [-0.15, -0.1) is 0 Å². The number of imidazole rings is 1. The summed E-state index contributed by atoms with van der Waals surface area (Å²) >= 11 is 0. The SMILES string of the molecule is Cc1ccc(Oc2nc3c(F)c(-c4ccc(-c5ccc(C(N)=NC=NCCOCCO)cc5)cc4)c(F)cc3[nH]2)cc1C=O. The number of aliphatic hydroxyl groups is 1. The van der Waals surface area contributed by atoms with Crippen molar-refractivity contribution in [3.8, 4) is 34.0 Å². The van der Waals surface area contributed by atoms with Gasteiger partial charge < -0.3 is 25.3 Å². The Labute approximate surface area is 251 Å². The second-order valence-corrected chi connectivity index (χ2v) is 9.75. The average molecular weight is 598 g/mol. The topological polar surface area (TPSA) is 135 Å². The normalized spacial score (nSPS) is 11.9. The van der Waals surface area contributed by atoms with Crippen LogP contribution >= 0.6 is 0 Å². The van der Waals surface area contributed by atoms with Crippen molar-refractivity contribution in [2.24, 2.45) is 15.7 Å². The van der Waals surface area contributed by atoms with E-state index < -0.39 is 11.6 Å². The number of hydrogen-bond acceptors (Lipinski definition) is 6. The molecule has 0 saturated heterocycles. The molecule has 0 radical (unpaired) electrons. The van der Waals surface area contributed by atoms with Crippen molar-refractivity contribution >= 4 is 29.5 Å². The lowest BCUT2D eigenvalue weighted by Crippen LogP contribution is -2.13. The van der Waals surface area contributed by atoms with E-state index in [1.54, 1.807) is 49.4 Å². The summed E-state index contributed by atoms with van der Waals surface area (Å²) in [5.41, 5.74) is 9.92. The molecule has 0 fully saturated rings. The number of nitrogens with two attached hydrogens (primary N) is 1. The number of nitrogens with one attached hydrogen (secondary N) is 1. The van der Waals surface area contributed by atoms with Gasteiger partial charge in [-0.2, -0.15) is 4.98 Å². The van der Waals surface area contributed by atoms with Crippen molar-refractivity contribution in [1.82, 2.24) is 9.97 Å². The van der Waals surface area contributed by atoms with Crippen LogP contribution in [0, 0.1) is 18.6 Å². The van der Waals surface area contributed by atoms with Crippen LogP contribution in [0.15, 0.2) is 82.8 Å². The van der Waals surface area contributed by atoms with E-state index in [4.69, 9.17) is 20.3 Å². The van der Waals surface area contributed by atoms with Crippen LogP contribution in [0.2, 0.25) is 0 Å². The molecule has 1 aromatic heterocycles. The third kappa shape index (κ3) is 6.86. The molecule has 9 nitrogen and oxygen atoms in total. The summed E-state index contributed by atoms with van der Waals surface area (Å²) in [7, 11) is 0. The molecule has 5 aromatic rings. The Balaban J connectivity index is 1.31. The van der Waals surface area contributed by atoms with E-state index in [9.17, 15) is 4.79 Å². The number of halogens is 2. The van der Waals surface area contributed by atoms with Crippen molar-refractivity contribution in [2.45, 2.75) is 6.92 Å². The second kappa shape index (κ2) is 13.8. The molecular formula is C33H29F2N5O4. The Kier molecular flexibility index (Phi) is 9.48. The molecule has 4 aromatic carbocycles. The van der Waals surface area contributed by atoms with Crippen molar-refractivity contribution < 1.29 is 28.2 Å². The lowest BCUT2D eigenvalue weighted by molar-refractivity contribution is 0.0978. The molecule has 0 amide bonds. The van der Waals surface area contributed by atoms with E-state index in [0.717, 1.165) is 16.7 Å². The first-order valence-corrected chi connectivity index (χ1v) is 13.7. The zero-order chi connectivity index (χ0) is 31.1. The second-order valence-electron chi connectivity index (χ2n) is 9.75. The Morgan fingerprint density at radius 1 is 1.00 bits per heavy atom. The molecule has 5 rings (SSSR count). The van der Waals surface area contributed by atoms with Gasteiger partial charge in [0.05, 0.1) is 37.4 Å². The summed E-state index contributed by atoms with van der Waals surface area (Å²) in [6, 6.07) is 20.3. The van der Waals surface area contributed by atoms with Gasteiger partial charge in [0, 0.05) is 17.2 Å². The number of carbonyl (C=O) groups excluding carboxylic acids is 1. The number of aliphatic imine (C=N–C) groups is 2. The first-order chi connectivity index (χ1) is 21.4. The molecular weight excluding hydrogens is 568 g/mol. The minimum Gasteiger partial charge on any atom is -0.426 e. The van der Waals surface area contributed by atoms with Gasteiger partial charge in [-0.1, -0.05) is 54.6 Å². The Hall–Kier alpha value is -5.26. The van der Waals surface area contributed by atoms with Crippen LogP contribution in [0.1, 0.15) is 21.5 Å². The van der Waals surface area contributed by atoms with Gasteiger partial charge in [0.1, 0.15) is 35.5 Å². The summed E-state index contributed by atoms with van der Waals surface area (Å²) in [5.74, 6) is -0.944. The van der Waals surface area contributed by atoms with E-state index in [0.29, 0.717) is 47.7 Å². The molecule has 0 aliphatic rings. The monoisotopic (exact) mass is 597 g/mol.